The smallest absolute Gasteiger partial charge is 0.236 e. The number of nitrogens with zero attached hydrogens (tertiary/aromatic N) is 1. The normalized spacial score (nSPS) is 14.0. The van der Waals surface area contributed by atoms with Crippen LogP contribution in [0, 0.1) is 0 Å². The van der Waals surface area contributed by atoms with Gasteiger partial charge in [0.25, 0.3) is 0 Å². The van der Waals surface area contributed by atoms with Gasteiger partial charge in [0.2, 0.25) is 10.0 Å². The minimum Gasteiger partial charge on any atom is -0.374 e. The number of halogens is 1. The van der Waals surface area contributed by atoms with Gasteiger partial charge in [-0.05, 0) is 35.7 Å². The van der Waals surface area contributed by atoms with Gasteiger partial charge < -0.3 is 4.90 Å². The predicted octanol–water partition coefficient (Wildman–Crippen LogP) is 3.27. The summed E-state index contributed by atoms with van der Waals surface area (Å²) in [5.41, 5.74) is 3.50. The van der Waals surface area contributed by atoms with Crippen LogP contribution in [0.15, 0.2) is 42.5 Å². The first kappa shape index (κ1) is 15.2. The van der Waals surface area contributed by atoms with Crippen LogP contribution >= 0.6 is 11.6 Å². The number of hydrogen-bond acceptors (Lipinski definition) is 3. The second-order valence-electron chi connectivity index (χ2n) is 5.47. The van der Waals surface area contributed by atoms with Gasteiger partial charge in [0, 0.05) is 24.3 Å². The average molecular weight is 337 g/mol. The molecule has 1 aliphatic heterocycles. The van der Waals surface area contributed by atoms with E-state index in [9.17, 15) is 8.42 Å². The second-order valence-corrected chi connectivity index (χ2v) is 7.60. The van der Waals surface area contributed by atoms with Crippen LogP contribution in [0.3, 0.4) is 0 Å². The molecule has 0 aromatic heterocycles. The Kier molecular flexibility index (Phi) is 4.02. The van der Waals surface area contributed by atoms with E-state index in [-0.39, 0.29) is 5.75 Å². The molecule has 6 heteroatoms. The number of likely N-dealkylation sites (N-methyl/N-ethyl adjacent to an activating group) is 1. The number of fused-ring (bicyclic) bond motifs is 1. The second kappa shape index (κ2) is 5.82. The van der Waals surface area contributed by atoms with E-state index in [1.165, 1.54) is 5.56 Å². The van der Waals surface area contributed by atoms with Gasteiger partial charge in [0.15, 0.2) is 0 Å². The van der Waals surface area contributed by atoms with Crippen molar-refractivity contribution < 1.29 is 8.42 Å². The minimum atomic E-state index is -3.50. The monoisotopic (exact) mass is 336 g/mol. The SMILES string of the molecule is CN1CCc2ccc(NS(=O)(=O)Cc3ccccc3Cl)cc21. The number of rotatable bonds is 4. The third-order valence-corrected chi connectivity index (χ3v) is 5.40. The molecule has 0 bridgehead atoms. The van der Waals surface area contributed by atoms with Gasteiger partial charge in [0.1, 0.15) is 0 Å². The molecule has 2 aromatic carbocycles. The Bertz CT molecular complexity index is 806. The van der Waals surface area contributed by atoms with Crippen molar-refractivity contribution in [2.75, 3.05) is 23.2 Å². The van der Waals surface area contributed by atoms with E-state index in [4.69, 9.17) is 11.6 Å². The average Bonchev–Trinajstić information content (AvgIpc) is 2.82. The number of hydrogen-bond donors (Lipinski definition) is 1. The van der Waals surface area contributed by atoms with Crippen molar-refractivity contribution in [1.82, 2.24) is 0 Å². The van der Waals surface area contributed by atoms with Crippen molar-refractivity contribution in [2.24, 2.45) is 0 Å². The van der Waals surface area contributed by atoms with Gasteiger partial charge in [-0.25, -0.2) is 8.42 Å². The number of benzene rings is 2. The molecule has 0 radical (unpaired) electrons. The van der Waals surface area contributed by atoms with Gasteiger partial charge in [0.05, 0.1) is 11.4 Å². The lowest BCUT2D eigenvalue weighted by molar-refractivity contribution is 0.600. The van der Waals surface area contributed by atoms with Crippen LogP contribution in [0.25, 0.3) is 0 Å². The van der Waals surface area contributed by atoms with Gasteiger partial charge in [-0.3, -0.25) is 4.72 Å². The number of nitrogens with one attached hydrogen (secondary N) is 1. The van der Waals surface area contributed by atoms with E-state index in [2.05, 4.69) is 9.62 Å². The number of sulfonamides is 1. The quantitative estimate of drug-likeness (QED) is 0.932. The van der Waals surface area contributed by atoms with E-state index in [1.54, 1.807) is 24.3 Å². The molecule has 0 unspecified atom stereocenters. The molecule has 3 rings (SSSR count). The molecular weight excluding hydrogens is 320 g/mol. The summed E-state index contributed by atoms with van der Waals surface area (Å²) in [5.74, 6) is -0.139. The van der Waals surface area contributed by atoms with Gasteiger partial charge in [-0.2, -0.15) is 0 Å². The molecule has 0 aliphatic carbocycles. The molecule has 1 aliphatic rings. The standard InChI is InChI=1S/C16H17ClN2O2S/c1-19-9-8-12-6-7-14(10-16(12)19)18-22(20,21)11-13-4-2-3-5-15(13)17/h2-7,10,18H,8-9,11H2,1H3. The highest BCUT2D eigenvalue weighted by Gasteiger charge is 2.18. The lowest BCUT2D eigenvalue weighted by Crippen LogP contribution is -2.16. The maximum absolute atomic E-state index is 12.3. The summed E-state index contributed by atoms with van der Waals surface area (Å²) in [6.07, 6.45) is 0.998. The zero-order valence-corrected chi connectivity index (χ0v) is 13.8. The van der Waals surface area contributed by atoms with Crippen LogP contribution in [0.5, 0.6) is 0 Å². The Labute approximate surface area is 135 Å². The topological polar surface area (TPSA) is 49.4 Å². The lowest BCUT2D eigenvalue weighted by atomic mass is 10.1. The van der Waals surface area contributed by atoms with Crippen molar-refractivity contribution in [3.05, 3.63) is 58.6 Å². The molecule has 0 atom stereocenters. The molecule has 0 amide bonds. The fourth-order valence-electron chi connectivity index (χ4n) is 2.64. The van der Waals surface area contributed by atoms with E-state index in [0.717, 1.165) is 18.7 Å². The van der Waals surface area contributed by atoms with Crippen molar-refractivity contribution in [3.8, 4) is 0 Å². The molecular formula is C16H17ClN2O2S. The fourth-order valence-corrected chi connectivity index (χ4v) is 4.14. The molecule has 0 fully saturated rings. The number of anilines is 2. The third-order valence-electron chi connectivity index (χ3n) is 3.79. The highest BCUT2D eigenvalue weighted by Crippen LogP contribution is 2.30. The Balaban J connectivity index is 1.80. The summed E-state index contributed by atoms with van der Waals surface area (Å²) < 4.78 is 27.3. The van der Waals surface area contributed by atoms with E-state index >= 15 is 0 Å². The first-order valence-corrected chi connectivity index (χ1v) is 9.05. The van der Waals surface area contributed by atoms with Crippen molar-refractivity contribution in [3.63, 3.8) is 0 Å². The maximum Gasteiger partial charge on any atom is 0.236 e. The van der Waals surface area contributed by atoms with Crippen LogP contribution < -0.4 is 9.62 Å². The minimum absolute atomic E-state index is 0.139. The zero-order chi connectivity index (χ0) is 15.7. The van der Waals surface area contributed by atoms with Gasteiger partial charge in [-0.1, -0.05) is 35.9 Å². The van der Waals surface area contributed by atoms with Crippen molar-refractivity contribution >= 4 is 33.0 Å². The van der Waals surface area contributed by atoms with E-state index in [1.807, 2.05) is 25.2 Å². The summed E-state index contributed by atoms with van der Waals surface area (Å²) in [6.45, 7) is 0.963. The van der Waals surface area contributed by atoms with Crippen LogP contribution in [-0.4, -0.2) is 22.0 Å². The summed E-state index contributed by atoms with van der Waals surface area (Å²) in [5, 5.41) is 0.460. The summed E-state index contributed by atoms with van der Waals surface area (Å²) >= 11 is 6.03. The van der Waals surface area contributed by atoms with Crippen LogP contribution in [0.2, 0.25) is 5.02 Å². The highest BCUT2D eigenvalue weighted by molar-refractivity contribution is 7.91. The molecule has 0 spiro atoms. The Morgan fingerprint density at radius 3 is 2.77 bits per heavy atom. The predicted molar refractivity (Wildman–Crippen MR) is 91.1 cm³/mol. The molecule has 4 nitrogen and oxygen atoms in total. The highest BCUT2D eigenvalue weighted by atomic mass is 35.5. The summed E-state index contributed by atoms with van der Waals surface area (Å²) in [4.78, 5) is 2.13. The van der Waals surface area contributed by atoms with Crippen LogP contribution in [0.1, 0.15) is 11.1 Å². The van der Waals surface area contributed by atoms with Gasteiger partial charge >= 0.3 is 0 Å². The zero-order valence-electron chi connectivity index (χ0n) is 12.2. The summed E-state index contributed by atoms with van der Waals surface area (Å²) in [6, 6.07) is 12.6. The Morgan fingerprint density at radius 1 is 1.23 bits per heavy atom. The fraction of sp³-hybridized carbons (Fsp3) is 0.250. The lowest BCUT2D eigenvalue weighted by Gasteiger charge is -2.14. The van der Waals surface area contributed by atoms with Crippen LogP contribution in [-0.2, 0) is 22.2 Å². The maximum atomic E-state index is 12.3. The van der Waals surface area contributed by atoms with Crippen molar-refractivity contribution in [1.29, 1.82) is 0 Å². The third kappa shape index (κ3) is 3.20. The molecule has 1 heterocycles. The molecule has 1 N–H and O–H groups in total. The molecule has 0 saturated heterocycles. The van der Waals surface area contributed by atoms with Gasteiger partial charge in [-0.15, -0.1) is 0 Å². The van der Waals surface area contributed by atoms with E-state index in [0.29, 0.717) is 16.3 Å². The molecule has 116 valence electrons. The van der Waals surface area contributed by atoms with Crippen LogP contribution in [0.4, 0.5) is 11.4 Å². The molecule has 22 heavy (non-hydrogen) atoms. The van der Waals surface area contributed by atoms with Crippen molar-refractivity contribution in [2.45, 2.75) is 12.2 Å². The molecule has 2 aromatic rings. The summed E-state index contributed by atoms with van der Waals surface area (Å²) in [7, 11) is -1.49. The first-order chi connectivity index (χ1) is 10.4. The Morgan fingerprint density at radius 2 is 2.00 bits per heavy atom. The largest absolute Gasteiger partial charge is 0.374 e. The first-order valence-electron chi connectivity index (χ1n) is 7.02. The molecule has 0 saturated carbocycles. The Hall–Kier alpha value is -1.72. The van der Waals surface area contributed by atoms with E-state index < -0.39 is 10.0 Å².